The van der Waals surface area contributed by atoms with E-state index in [1.807, 2.05) is 0 Å². The Kier molecular flexibility index (Phi) is 7.70. The predicted octanol–water partition coefficient (Wildman–Crippen LogP) is 1.37. The molecule has 37 heavy (non-hydrogen) atoms. The molecule has 0 bridgehead atoms. The maximum Gasteiger partial charge on any atom is 0.416 e. The first kappa shape index (κ1) is 27.2. The average Bonchev–Trinajstić information content (AvgIpc) is 3.68. The standard InChI is InChI=1S/C23H26B2F4N6O2/c24-22(25,21(30)37)34-8-7-14(17(36)11-34)9-31-19-18(26)20(33-12-32-19)35(16-5-6-16)10-13-1-3-15(4-2-13)23(27,28)29/h1-4,12,14,16-17,36H,5-11H2,(H2,30,37)(H,31,32,33). The Balaban J connectivity index is 1.43. The SMILES string of the molecule is [B]C([B])(C(N)=O)N1CCC(CNc2ncnc(N(Cc3ccc(C(F)(F)F)cc3)C3CC3)c2F)C(O)C1. The molecular weight excluding hydrogens is 490 g/mol. The van der Waals surface area contributed by atoms with Crippen LogP contribution >= 0.6 is 0 Å². The molecule has 14 heteroatoms. The molecule has 4 radical (unpaired) electrons. The maximum absolute atomic E-state index is 15.5. The first-order valence-electron chi connectivity index (χ1n) is 11.9. The Bertz CT molecular complexity index is 1120. The number of nitrogens with one attached hydrogen (secondary N) is 1. The van der Waals surface area contributed by atoms with Crippen molar-refractivity contribution in [1.82, 2.24) is 14.9 Å². The van der Waals surface area contributed by atoms with Crippen LogP contribution in [0.2, 0.25) is 0 Å². The number of aliphatic hydroxyl groups is 1. The molecule has 2 unspecified atom stereocenters. The molecule has 2 heterocycles. The van der Waals surface area contributed by atoms with E-state index in [-0.39, 0.29) is 43.2 Å². The lowest BCUT2D eigenvalue weighted by atomic mass is 9.59. The number of aromatic nitrogens is 2. The first-order valence-corrected chi connectivity index (χ1v) is 11.9. The van der Waals surface area contributed by atoms with Crippen molar-refractivity contribution >= 4 is 33.2 Å². The number of alkyl halides is 3. The van der Waals surface area contributed by atoms with Gasteiger partial charge in [0.2, 0.25) is 11.7 Å². The number of benzene rings is 1. The molecule has 1 amide bonds. The van der Waals surface area contributed by atoms with Gasteiger partial charge in [0, 0.05) is 36.9 Å². The molecule has 2 aromatic rings. The predicted molar refractivity (Wildman–Crippen MR) is 130 cm³/mol. The summed E-state index contributed by atoms with van der Waals surface area (Å²) in [5.41, 5.74) is 5.08. The van der Waals surface area contributed by atoms with Crippen LogP contribution in [0.1, 0.15) is 30.4 Å². The molecule has 4 N–H and O–H groups in total. The molecule has 4 rings (SSSR count). The minimum atomic E-state index is -4.43. The lowest BCUT2D eigenvalue weighted by molar-refractivity contribution is -0.137. The van der Waals surface area contributed by atoms with Crippen molar-refractivity contribution in [3.63, 3.8) is 0 Å². The molecule has 2 atom stereocenters. The fraction of sp³-hybridized carbons (Fsp3) is 0.522. The molecule has 1 aromatic carbocycles. The van der Waals surface area contributed by atoms with Gasteiger partial charge in [0.15, 0.2) is 11.6 Å². The molecular formula is C23H26B2F4N6O2. The van der Waals surface area contributed by atoms with Crippen molar-refractivity contribution in [3.05, 3.63) is 47.5 Å². The number of carbonyl (C=O) groups is 1. The summed E-state index contributed by atoms with van der Waals surface area (Å²) in [6, 6.07) is 4.77. The number of hydrogen-bond acceptors (Lipinski definition) is 7. The van der Waals surface area contributed by atoms with E-state index in [0.717, 1.165) is 25.0 Å². The zero-order chi connectivity index (χ0) is 27.0. The van der Waals surface area contributed by atoms with Gasteiger partial charge in [-0.25, -0.2) is 9.97 Å². The number of nitrogens with two attached hydrogens (primary N) is 1. The minimum absolute atomic E-state index is 0.0162. The number of rotatable bonds is 9. The smallest absolute Gasteiger partial charge is 0.391 e. The van der Waals surface area contributed by atoms with Gasteiger partial charge < -0.3 is 26.0 Å². The van der Waals surface area contributed by atoms with Crippen LogP contribution in [0.5, 0.6) is 0 Å². The van der Waals surface area contributed by atoms with Crippen molar-refractivity contribution in [1.29, 1.82) is 0 Å². The van der Waals surface area contributed by atoms with Crippen LogP contribution in [0.15, 0.2) is 30.6 Å². The van der Waals surface area contributed by atoms with Crippen LogP contribution in [0.3, 0.4) is 0 Å². The fourth-order valence-corrected chi connectivity index (χ4v) is 4.38. The second-order valence-corrected chi connectivity index (χ2v) is 9.55. The van der Waals surface area contributed by atoms with Crippen LogP contribution in [0, 0.1) is 11.7 Å². The molecule has 2 aliphatic rings. The Morgan fingerprint density at radius 2 is 1.86 bits per heavy atom. The fourth-order valence-electron chi connectivity index (χ4n) is 4.38. The van der Waals surface area contributed by atoms with E-state index in [9.17, 15) is 23.1 Å². The third kappa shape index (κ3) is 6.17. The lowest BCUT2D eigenvalue weighted by Gasteiger charge is -2.44. The summed E-state index contributed by atoms with van der Waals surface area (Å²) in [7, 11) is 11.5. The number of piperidine rings is 1. The van der Waals surface area contributed by atoms with Crippen LogP contribution < -0.4 is 16.0 Å². The van der Waals surface area contributed by atoms with Crippen molar-refractivity contribution in [3.8, 4) is 0 Å². The second-order valence-electron chi connectivity index (χ2n) is 9.55. The molecule has 1 aliphatic heterocycles. The van der Waals surface area contributed by atoms with E-state index in [1.54, 1.807) is 4.90 Å². The van der Waals surface area contributed by atoms with Crippen LogP contribution in [0.25, 0.3) is 0 Å². The molecule has 1 aromatic heterocycles. The summed E-state index contributed by atoms with van der Waals surface area (Å²) < 4.78 is 54.1. The van der Waals surface area contributed by atoms with Crippen molar-refractivity contribution in [2.24, 2.45) is 11.7 Å². The zero-order valence-corrected chi connectivity index (χ0v) is 20.0. The van der Waals surface area contributed by atoms with Crippen molar-refractivity contribution < 1.29 is 27.5 Å². The van der Waals surface area contributed by atoms with Gasteiger partial charge in [-0.05, 0) is 43.5 Å². The van der Waals surface area contributed by atoms with Gasteiger partial charge in [0.05, 0.1) is 27.4 Å². The van der Waals surface area contributed by atoms with Crippen LogP contribution in [-0.2, 0) is 17.5 Å². The number of carbonyl (C=O) groups excluding carboxylic acids is 1. The third-order valence-electron chi connectivity index (χ3n) is 6.84. The van der Waals surface area contributed by atoms with Gasteiger partial charge in [-0.1, -0.05) is 12.1 Å². The van der Waals surface area contributed by atoms with E-state index < -0.39 is 34.9 Å². The number of nitrogens with zero attached hydrogens (tertiary/aromatic N) is 4. The number of β-amino-alcohol motifs (C(OH)–C–C–N with tert-alkyl or cyclic N) is 1. The highest BCUT2D eigenvalue weighted by Crippen LogP contribution is 2.35. The molecule has 8 nitrogen and oxygen atoms in total. The maximum atomic E-state index is 15.5. The van der Waals surface area contributed by atoms with Gasteiger partial charge in [0.1, 0.15) is 6.33 Å². The van der Waals surface area contributed by atoms with Gasteiger partial charge >= 0.3 is 6.18 Å². The molecule has 2 fully saturated rings. The number of primary amides is 1. The molecule has 1 saturated heterocycles. The highest BCUT2D eigenvalue weighted by atomic mass is 19.4. The average molecular weight is 516 g/mol. The topological polar surface area (TPSA) is 108 Å². The van der Waals surface area contributed by atoms with Crippen molar-refractivity contribution in [2.75, 3.05) is 29.9 Å². The summed E-state index contributed by atoms with van der Waals surface area (Å²) in [4.78, 5) is 22.7. The number of hydrogen-bond donors (Lipinski definition) is 3. The zero-order valence-electron chi connectivity index (χ0n) is 20.0. The summed E-state index contributed by atoms with van der Waals surface area (Å²) in [6.45, 7) is 0.693. The number of likely N-dealkylation sites (tertiary alicyclic amines) is 1. The van der Waals surface area contributed by atoms with Gasteiger partial charge in [-0.2, -0.15) is 17.6 Å². The second kappa shape index (κ2) is 10.5. The molecule has 1 saturated carbocycles. The Morgan fingerprint density at radius 1 is 1.19 bits per heavy atom. The summed E-state index contributed by atoms with van der Waals surface area (Å²) in [5.74, 6) is -1.91. The number of halogens is 4. The minimum Gasteiger partial charge on any atom is -0.391 e. The Morgan fingerprint density at radius 3 is 2.43 bits per heavy atom. The van der Waals surface area contributed by atoms with Gasteiger partial charge in [-0.3, -0.25) is 4.79 Å². The largest absolute Gasteiger partial charge is 0.416 e. The van der Waals surface area contributed by atoms with Gasteiger partial charge in [0.25, 0.3) is 0 Å². The van der Waals surface area contributed by atoms with Crippen LogP contribution in [0.4, 0.5) is 29.2 Å². The number of anilines is 2. The van der Waals surface area contributed by atoms with Crippen molar-refractivity contribution in [2.45, 2.75) is 49.5 Å². The first-order chi connectivity index (χ1) is 17.4. The number of aliphatic hydroxyl groups excluding tert-OH is 1. The van der Waals surface area contributed by atoms with E-state index in [1.165, 1.54) is 23.4 Å². The quantitative estimate of drug-likeness (QED) is 0.342. The summed E-state index contributed by atoms with van der Waals surface area (Å²) >= 11 is 0. The van der Waals surface area contributed by atoms with Gasteiger partial charge in [-0.15, -0.1) is 0 Å². The van der Waals surface area contributed by atoms with E-state index in [0.29, 0.717) is 18.5 Å². The lowest BCUT2D eigenvalue weighted by Crippen LogP contribution is -2.63. The summed E-state index contributed by atoms with van der Waals surface area (Å²) in [5, 5.41) is 11.6. The Labute approximate surface area is 214 Å². The van der Waals surface area contributed by atoms with E-state index >= 15 is 4.39 Å². The Hall–Kier alpha value is -2.86. The molecule has 0 spiro atoms. The molecule has 194 valence electrons. The highest BCUT2D eigenvalue weighted by molar-refractivity contribution is 6.50. The monoisotopic (exact) mass is 516 g/mol. The normalized spacial score (nSPS) is 21.0. The summed E-state index contributed by atoms with van der Waals surface area (Å²) in [6.07, 6.45) is -2.08. The van der Waals surface area contributed by atoms with E-state index in [4.69, 9.17) is 21.4 Å². The molecule has 1 aliphatic carbocycles. The van der Waals surface area contributed by atoms with E-state index in [2.05, 4.69) is 15.3 Å². The third-order valence-corrected chi connectivity index (χ3v) is 6.84. The number of amides is 1. The highest BCUT2D eigenvalue weighted by Gasteiger charge is 2.38. The van der Waals surface area contributed by atoms with Crippen LogP contribution in [-0.4, -0.2) is 78.7 Å².